The van der Waals surface area contributed by atoms with Gasteiger partial charge in [0.1, 0.15) is 11.5 Å². The summed E-state index contributed by atoms with van der Waals surface area (Å²) < 4.78 is 15.9. The summed E-state index contributed by atoms with van der Waals surface area (Å²) in [6, 6.07) is 15.3. The summed E-state index contributed by atoms with van der Waals surface area (Å²) in [7, 11) is 0. The van der Waals surface area contributed by atoms with Crippen molar-refractivity contribution in [3.63, 3.8) is 0 Å². The van der Waals surface area contributed by atoms with Gasteiger partial charge in [0.05, 0.1) is 0 Å². The number of fused-ring (bicyclic) bond motifs is 1. The van der Waals surface area contributed by atoms with Crippen LogP contribution in [0.4, 0.5) is 0 Å². The molecule has 0 saturated carbocycles. The van der Waals surface area contributed by atoms with Crippen LogP contribution in [0, 0.1) is 6.92 Å². The summed E-state index contributed by atoms with van der Waals surface area (Å²) in [6.45, 7) is 1.99. The lowest BCUT2D eigenvalue weighted by atomic mass is 9.95. The first-order valence-electron chi connectivity index (χ1n) is 6.81. The number of hydrogen-bond donors (Lipinski definition) is 3. The Labute approximate surface area is 151 Å². The van der Waals surface area contributed by atoms with Crippen molar-refractivity contribution < 1.29 is 12.5 Å². The van der Waals surface area contributed by atoms with Gasteiger partial charge in [-0.05, 0) is 24.6 Å². The fraction of sp³-hybridized carbons (Fsp3) is 0.0588. The van der Waals surface area contributed by atoms with Gasteiger partial charge in [-0.1, -0.05) is 36.4 Å². The number of benzene rings is 3. The van der Waals surface area contributed by atoms with Crippen molar-refractivity contribution in [1.29, 1.82) is 0 Å². The molecule has 3 nitrogen and oxygen atoms in total. The maximum Gasteiger partial charge on any atom is 0.153 e. The van der Waals surface area contributed by atoms with Gasteiger partial charge in [0.2, 0.25) is 0 Å². The summed E-state index contributed by atoms with van der Waals surface area (Å²) in [5, 5.41) is 1.76. The first kappa shape index (κ1) is 16.2. The standard InChI is InChI=1S/C17H14O3S3/c1-10-5-4-8-14(18-21)16(10)13-9-15(19-22)11-6-2-3-7-12(11)17(13)20-23/h2-9,21-23H,1H3. The Morgan fingerprint density at radius 1 is 0.739 bits per heavy atom. The maximum atomic E-state index is 5.40. The zero-order chi connectivity index (χ0) is 16.4. The minimum absolute atomic E-state index is 0.624. The minimum atomic E-state index is 0.624. The molecule has 0 aromatic heterocycles. The fourth-order valence-corrected chi connectivity index (χ4v) is 3.24. The first-order chi connectivity index (χ1) is 11.2. The van der Waals surface area contributed by atoms with Crippen LogP contribution in [0.3, 0.4) is 0 Å². The maximum absolute atomic E-state index is 5.40. The van der Waals surface area contributed by atoms with Crippen molar-refractivity contribution in [2.45, 2.75) is 6.92 Å². The Morgan fingerprint density at radius 2 is 1.43 bits per heavy atom. The van der Waals surface area contributed by atoms with E-state index in [1.165, 1.54) is 0 Å². The molecule has 0 radical (unpaired) electrons. The fourth-order valence-electron chi connectivity index (χ4n) is 2.74. The average Bonchev–Trinajstić information content (AvgIpc) is 2.60. The molecule has 0 amide bonds. The average molecular weight is 362 g/mol. The highest BCUT2D eigenvalue weighted by Crippen LogP contribution is 2.46. The Kier molecular flexibility index (Phi) is 4.84. The molecule has 0 bridgehead atoms. The number of rotatable bonds is 4. The molecule has 0 spiro atoms. The molecule has 0 aliphatic heterocycles. The van der Waals surface area contributed by atoms with E-state index in [9.17, 15) is 0 Å². The molecule has 0 aliphatic carbocycles. The van der Waals surface area contributed by atoms with Crippen molar-refractivity contribution >= 4 is 49.5 Å². The predicted octanol–water partition coefficient (Wildman–Crippen LogP) is 5.49. The zero-order valence-electron chi connectivity index (χ0n) is 12.2. The quantitative estimate of drug-likeness (QED) is 0.423. The summed E-state index contributed by atoms with van der Waals surface area (Å²) >= 11 is 12.0. The molecular formula is C17H14O3S3. The highest BCUT2D eigenvalue weighted by Gasteiger charge is 2.19. The SMILES string of the molecule is Cc1cccc(OS)c1-c1cc(OS)c2ccccc2c1OS. The van der Waals surface area contributed by atoms with Gasteiger partial charge in [-0.25, -0.2) is 0 Å². The molecule has 0 unspecified atom stereocenters. The third kappa shape index (κ3) is 2.82. The van der Waals surface area contributed by atoms with Gasteiger partial charge in [0.15, 0.2) is 5.75 Å². The van der Waals surface area contributed by atoms with E-state index < -0.39 is 0 Å². The van der Waals surface area contributed by atoms with Crippen LogP contribution in [-0.2, 0) is 0 Å². The van der Waals surface area contributed by atoms with Gasteiger partial charge < -0.3 is 12.5 Å². The number of thiol groups is 3. The van der Waals surface area contributed by atoms with Crippen LogP contribution in [0.25, 0.3) is 21.9 Å². The molecule has 3 rings (SSSR count). The molecule has 23 heavy (non-hydrogen) atoms. The second kappa shape index (κ2) is 6.86. The van der Waals surface area contributed by atoms with Crippen LogP contribution < -0.4 is 12.5 Å². The van der Waals surface area contributed by atoms with E-state index >= 15 is 0 Å². The van der Waals surface area contributed by atoms with Gasteiger partial charge in [-0.15, -0.1) is 0 Å². The smallest absolute Gasteiger partial charge is 0.153 e. The molecule has 118 valence electrons. The van der Waals surface area contributed by atoms with E-state index in [1.54, 1.807) is 0 Å². The Hall–Kier alpha value is -1.63. The molecule has 0 saturated heterocycles. The van der Waals surface area contributed by atoms with Crippen LogP contribution in [0.15, 0.2) is 48.5 Å². The van der Waals surface area contributed by atoms with Crippen LogP contribution in [0.5, 0.6) is 17.2 Å². The molecule has 3 aromatic carbocycles. The van der Waals surface area contributed by atoms with Crippen molar-refractivity contribution in [2.75, 3.05) is 0 Å². The van der Waals surface area contributed by atoms with E-state index in [4.69, 9.17) is 12.5 Å². The minimum Gasteiger partial charge on any atom is -0.428 e. The molecular weight excluding hydrogens is 348 g/mol. The summed E-state index contributed by atoms with van der Waals surface area (Å²) in [5.41, 5.74) is 2.68. The monoisotopic (exact) mass is 362 g/mol. The molecule has 0 atom stereocenters. The number of hydrogen-bond acceptors (Lipinski definition) is 6. The van der Waals surface area contributed by atoms with Crippen LogP contribution in [-0.4, -0.2) is 0 Å². The van der Waals surface area contributed by atoms with Crippen molar-refractivity contribution in [1.82, 2.24) is 0 Å². The van der Waals surface area contributed by atoms with E-state index in [1.807, 2.05) is 55.5 Å². The molecule has 6 heteroatoms. The summed E-state index contributed by atoms with van der Waals surface area (Å²) in [4.78, 5) is 0. The van der Waals surface area contributed by atoms with Gasteiger partial charge in [-0.3, -0.25) is 0 Å². The third-order valence-corrected chi connectivity index (χ3v) is 4.33. The molecule has 0 fully saturated rings. The normalized spacial score (nSPS) is 10.6. The van der Waals surface area contributed by atoms with Crippen molar-refractivity contribution in [3.8, 4) is 28.4 Å². The lowest BCUT2D eigenvalue weighted by molar-refractivity contribution is 0.647. The Bertz CT molecular complexity index is 865. The topological polar surface area (TPSA) is 27.7 Å². The van der Waals surface area contributed by atoms with Crippen molar-refractivity contribution in [3.05, 3.63) is 54.1 Å². The first-order valence-corrected chi connectivity index (χ1v) is 7.90. The van der Waals surface area contributed by atoms with Gasteiger partial charge >= 0.3 is 0 Å². The Morgan fingerprint density at radius 3 is 2.09 bits per heavy atom. The Balaban J connectivity index is 2.43. The van der Waals surface area contributed by atoms with Gasteiger partial charge in [0, 0.05) is 60.6 Å². The highest BCUT2D eigenvalue weighted by molar-refractivity contribution is 7.75. The summed E-state index contributed by atoms with van der Waals surface area (Å²) in [6.07, 6.45) is 0. The van der Waals surface area contributed by atoms with Crippen LogP contribution >= 0.6 is 38.7 Å². The van der Waals surface area contributed by atoms with E-state index in [-0.39, 0.29) is 0 Å². The third-order valence-electron chi connectivity index (χ3n) is 3.75. The number of aryl methyl sites for hydroxylation is 1. The van der Waals surface area contributed by atoms with Crippen molar-refractivity contribution in [2.24, 2.45) is 0 Å². The van der Waals surface area contributed by atoms with E-state index in [0.29, 0.717) is 17.2 Å². The molecule has 0 aliphatic rings. The molecule has 0 N–H and O–H groups in total. The lowest BCUT2D eigenvalue weighted by Crippen LogP contribution is -1.93. The second-order valence-corrected chi connectivity index (χ2v) is 5.57. The summed E-state index contributed by atoms with van der Waals surface area (Å²) in [5.74, 6) is 1.88. The lowest BCUT2D eigenvalue weighted by Gasteiger charge is -2.17. The van der Waals surface area contributed by atoms with Crippen LogP contribution in [0.1, 0.15) is 5.56 Å². The largest absolute Gasteiger partial charge is 0.428 e. The highest BCUT2D eigenvalue weighted by atomic mass is 32.1. The second-order valence-electron chi connectivity index (χ2n) is 5.02. The molecule has 0 heterocycles. The van der Waals surface area contributed by atoms with E-state index in [0.717, 1.165) is 27.5 Å². The van der Waals surface area contributed by atoms with Gasteiger partial charge in [0.25, 0.3) is 0 Å². The predicted molar refractivity (Wildman–Crippen MR) is 103 cm³/mol. The molecule has 3 aromatic rings. The van der Waals surface area contributed by atoms with Crippen LogP contribution in [0.2, 0.25) is 0 Å². The zero-order valence-corrected chi connectivity index (χ0v) is 14.9. The van der Waals surface area contributed by atoms with E-state index in [2.05, 4.69) is 38.7 Å². The van der Waals surface area contributed by atoms with Gasteiger partial charge in [-0.2, -0.15) is 0 Å².